The Hall–Kier alpha value is -2.86. The molecule has 1 unspecified atom stereocenters. The summed E-state index contributed by atoms with van der Waals surface area (Å²) in [5.41, 5.74) is 1.56. The molecule has 0 radical (unpaired) electrons. The van der Waals surface area contributed by atoms with E-state index < -0.39 is 23.6 Å². The fourth-order valence-electron chi connectivity index (χ4n) is 3.55. The summed E-state index contributed by atoms with van der Waals surface area (Å²) in [6, 6.07) is 7.93. The summed E-state index contributed by atoms with van der Waals surface area (Å²) in [4.78, 5) is 25.0. The fourth-order valence-corrected chi connectivity index (χ4v) is 3.71. The molecule has 1 heterocycles. The Balaban J connectivity index is 2.32. The molecule has 1 aromatic heterocycles. The van der Waals surface area contributed by atoms with Crippen LogP contribution >= 0.6 is 11.6 Å². The van der Waals surface area contributed by atoms with E-state index in [4.69, 9.17) is 11.6 Å². The zero-order valence-corrected chi connectivity index (χ0v) is 16.1. The molecular weight excluding hydrogens is 385 g/mol. The molecule has 0 fully saturated rings. The number of hydrogen-bond donors (Lipinski definition) is 2. The van der Waals surface area contributed by atoms with Crippen LogP contribution in [0.1, 0.15) is 47.3 Å². The Morgan fingerprint density at radius 2 is 1.86 bits per heavy atom. The van der Waals surface area contributed by atoms with Crippen LogP contribution in [0.3, 0.4) is 0 Å². The average Bonchev–Trinajstić information content (AvgIpc) is 2.91. The van der Waals surface area contributed by atoms with Gasteiger partial charge in [-0.15, -0.1) is 0 Å². The molecule has 0 aliphatic heterocycles. The average molecular weight is 404 g/mol. The van der Waals surface area contributed by atoms with Crippen molar-refractivity contribution in [1.82, 2.24) is 4.57 Å². The van der Waals surface area contributed by atoms with Gasteiger partial charge in [-0.05, 0) is 55.3 Å². The van der Waals surface area contributed by atoms with Crippen LogP contribution in [-0.2, 0) is 4.79 Å². The fraction of sp³-hybridized carbons (Fsp3) is 0.238. The number of phenols is 1. The number of rotatable bonds is 5. The highest BCUT2D eigenvalue weighted by Crippen LogP contribution is 2.39. The first-order valence-corrected chi connectivity index (χ1v) is 9.20. The molecule has 0 saturated carbocycles. The number of hydrogen-bond acceptors (Lipinski definition) is 3. The zero-order valence-electron chi connectivity index (χ0n) is 15.4. The quantitative estimate of drug-likeness (QED) is 0.620. The number of aliphatic carboxylic acids is 1. The first-order chi connectivity index (χ1) is 13.3. The van der Waals surface area contributed by atoms with Gasteiger partial charge in [0.05, 0.1) is 16.5 Å². The lowest BCUT2D eigenvalue weighted by atomic mass is 9.92. The number of carbonyl (C=O) groups excluding carboxylic acids is 1. The highest BCUT2D eigenvalue weighted by molar-refractivity contribution is 6.33. The Bertz CT molecular complexity index is 1070. The van der Waals surface area contributed by atoms with Crippen molar-refractivity contribution >= 4 is 34.4 Å². The summed E-state index contributed by atoms with van der Waals surface area (Å²) in [6.07, 6.45) is 1.01. The standard InChI is InChI=1S/C21H19ClFNO4/c1-3-4-14(21(27)28)19-11(2)24(17-10-16(22)18(25)9-15(17)19)20(26)12-5-7-13(23)8-6-12/h5-10,14,25H,3-4H2,1-2H3,(H,27,28). The van der Waals surface area contributed by atoms with E-state index in [0.717, 1.165) is 0 Å². The molecule has 0 spiro atoms. The van der Waals surface area contributed by atoms with Gasteiger partial charge in [0.25, 0.3) is 5.91 Å². The second-order valence-electron chi connectivity index (χ2n) is 6.65. The minimum atomic E-state index is -1.01. The molecule has 3 aromatic rings. The smallest absolute Gasteiger partial charge is 0.311 e. The first kappa shape index (κ1) is 19.9. The van der Waals surface area contributed by atoms with Gasteiger partial charge in [0.1, 0.15) is 11.6 Å². The molecule has 5 nitrogen and oxygen atoms in total. The van der Waals surface area contributed by atoms with E-state index in [1.54, 1.807) is 6.92 Å². The SMILES string of the molecule is CCCC(C(=O)O)c1c(C)n(C(=O)c2ccc(F)cc2)c2cc(Cl)c(O)cc12. The second kappa shape index (κ2) is 7.64. The third-order valence-electron chi connectivity index (χ3n) is 4.84. The monoisotopic (exact) mass is 403 g/mol. The van der Waals surface area contributed by atoms with Gasteiger partial charge in [-0.25, -0.2) is 4.39 Å². The van der Waals surface area contributed by atoms with Gasteiger partial charge in [0.15, 0.2) is 0 Å². The summed E-state index contributed by atoms with van der Waals surface area (Å²) >= 11 is 6.06. The van der Waals surface area contributed by atoms with Gasteiger partial charge in [0.2, 0.25) is 0 Å². The molecule has 0 bridgehead atoms. The molecule has 28 heavy (non-hydrogen) atoms. The molecule has 0 amide bonds. The normalized spacial score (nSPS) is 12.3. The second-order valence-corrected chi connectivity index (χ2v) is 7.05. The summed E-state index contributed by atoms with van der Waals surface area (Å²) in [5, 5.41) is 20.3. The van der Waals surface area contributed by atoms with Gasteiger partial charge in [0, 0.05) is 16.6 Å². The largest absolute Gasteiger partial charge is 0.506 e. The van der Waals surface area contributed by atoms with Crippen LogP contribution in [0.4, 0.5) is 4.39 Å². The maximum absolute atomic E-state index is 13.2. The summed E-state index contributed by atoms with van der Waals surface area (Å²) in [7, 11) is 0. The van der Waals surface area contributed by atoms with E-state index in [1.165, 1.54) is 41.0 Å². The van der Waals surface area contributed by atoms with Crippen LogP contribution in [0, 0.1) is 12.7 Å². The number of phenolic OH excluding ortho intramolecular Hbond substituents is 1. The zero-order chi connectivity index (χ0) is 20.6. The van der Waals surface area contributed by atoms with Crippen molar-refractivity contribution < 1.29 is 24.2 Å². The molecular formula is C21H19ClFNO4. The number of nitrogens with zero attached hydrogens (tertiary/aromatic N) is 1. The number of carboxylic acids is 1. The van der Waals surface area contributed by atoms with Crippen LogP contribution in [0.15, 0.2) is 36.4 Å². The lowest BCUT2D eigenvalue weighted by Crippen LogP contribution is -2.16. The molecule has 2 aromatic carbocycles. The summed E-state index contributed by atoms with van der Waals surface area (Å²) < 4.78 is 14.6. The van der Waals surface area contributed by atoms with Gasteiger partial charge >= 0.3 is 5.97 Å². The number of halogens is 2. The van der Waals surface area contributed by atoms with Crippen molar-refractivity contribution in [3.8, 4) is 5.75 Å². The maximum Gasteiger partial charge on any atom is 0.311 e. The Labute approximate surface area is 166 Å². The lowest BCUT2D eigenvalue weighted by Gasteiger charge is -2.13. The minimum absolute atomic E-state index is 0.0482. The van der Waals surface area contributed by atoms with Crippen LogP contribution in [0.2, 0.25) is 5.02 Å². The van der Waals surface area contributed by atoms with Crippen molar-refractivity contribution in [3.05, 3.63) is 64.1 Å². The van der Waals surface area contributed by atoms with Crippen molar-refractivity contribution in [1.29, 1.82) is 0 Å². The minimum Gasteiger partial charge on any atom is -0.506 e. The number of aromatic nitrogens is 1. The number of aromatic hydroxyl groups is 1. The predicted molar refractivity (Wildman–Crippen MR) is 105 cm³/mol. The summed E-state index contributed by atoms with van der Waals surface area (Å²) in [6.45, 7) is 3.54. The first-order valence-electron chi connectivity index (χ1n) is 8.82. The molecule has 1 atom stereocenters. The van der Waals surface area contributed by atoms with Crippen molar-refractivity contribution in [2.75, 3.05) is 0 Å². The molecule has 0 aliphatic rings. The van der Waals surface area contributed by atoms with Crippen molar-refractivity contribution in [3.63, 3.8) is 0 Å². The molecule has 0 saturated heterocycles. The van der Waals surface area contributed by atoms with Crippen LogP contribution in [-0.4, -0.2) is 26.7 Å². The van der Waals surface area contributed by atoms with Crippen LogP contribution < -0.4 is 0 Å². The Morgan fingerprint density at radius 1 is 1.21 bits per heavy atom. The van der Waals surface area contributed by atoms with Gasteiger partial charge in [-0.2, -0.15) is 0 Å². The van der Waals surface area contributed by atoms with Crippen LogP contribution in [0.5, 0.6) is 5.75 Å². The topological polar surface area (TPSA) is 79.5 Å². The van der Waals surface area contributed by atoms with E-state index >= 15 is 0 Å². The molecule has 2 N–H and O–H groups in total. The number of benzene rings is 2. The predicted octanol–water partition coefficient (Wildman–Crippen LogP) is 5.10. The van der Waals surface area contributed by atoms with Crippen LogP contribution in [0.25, 0.3) is 10.9 Å². The number of carbonyl (C=O) groups is 2. The van der Waals surface area contributed by atoms with E-state index in [-0.39, 0.29) is 16.3 Å². The number of carboxylic acid groups (broad SMARTS) is 1. The highest BCUT2D eigenvalue weighted by atomic mass is 35.5. The van der Waals surface area contributed by atoms with Crippen molar-refractivity contribution in [2.45, 2.75) is 32.6 Å². The lowest BCUT2D eigenvalue weighted by molar-refractivity contribution is -0.139. The van der Waals surface area contributed by atoms with E-state index in [9.17, 15) is 24.2 Å². The highest BCUT2D eigenvalue weighted by Gasteiger charge is 2.29. The molecule has 3 rings (SSSR count). The summed E-state index contributed by atoms with van der Waals surface area (Å²) in [5.74, 6) is -2.94. The number of fused-ring (bicyclic) bond motifs is 1. The molecule has 0 aliphatic carbocycles. The van der Waals surface area contributed by atoms with Gasteiger partial charge < -0.3 is 10.2 Å². The Kier molecular flexibility index (Phi) is 5.42. The molecule has 146 valence electrons. The third kappa shape index (κ3) is 3.36. The van der Waals surface area contributed by atoms with Crippen molar-refractivity contribution in [2.24, 2.45) is 0 Å². The van der Waals surface area contributed by atoms with E-state index in [1.807, 2.05) is 6.92 Å². The molecule has 7 heteroatoms. The van der Waals surface area contributed by atoms with E-state index in [2.05, 4.69) is 0 Å². The third-order valence-corrected chi connectivity index (χ3v) is 5.14. The Morgan fingerprint density at radius 3 is 2.43 bits per heavy atom. The maximum atomic E-state index is 13.2. The van der Waals surface area contributed by atoms with E-state index in [0.29, 0.717) is 35.0 Å². The van der Waals surface area contributed by atoms with Gasteiger partial charge in [-0.3, -0.25) is 14.2 Å². The van der Waals surface area contributed by atoms with Gasteiger partial charge in [-0.1, -0.05) is 24.9 Å².